The summed E-state index contributed by atoms with van der Waals surface area (Å²) in [5, 5.41) is 18.7. The lowest BCUT2D eigenvalue weighted by atomic mass is 9.79. The molecule has 3 fully saturated rings. The molecule has 5 nitrogen and oxygen atoms in total. The highest BCUT2D eigenvalue weighted by atomic mass is 16.6. The lowest BCUT2D eigenvalue weighted by Gasteiger charge is -2.25. The van der Waals surface area contributed by atoms with Crippen molar-refractivity contribution < 1.29 is 24.5 Å². The minimum absolute atomic E-state index is 0.0661. The second kappa shape index (κ2) is 2.28. The Morgan fingerprint density at radius 3 is 2.79 bits per heavy atom. The third-order valence-corrected chi connectivity index (χ3v) is 3.86. The summed E-state index contributed by atoms with van der Waals surface area (Å²) in [6.07, 6.45) is -0.601. The van der Waals surface area contributed by atoms with Crippen molar-refractivity contribution in [2.24, 2.45) is 23.7 Å². The zero-order valence-corrected chi connectivity index (χ0v) is 7.29. The van der Waals surface area contributed by atoms with Gasteiger partial charge in [0, 0.05) is 11.8 Å². The monoisotopic (exact) mass is 198 g/mol. The first-order valence-corrected chi connectivity index (χ1v) is 4.72. The van der Waals surface area contributed by atoms with Crippen LogP contribution in [0.25, 0.3) is 0 Å². The lowest BCUT2D eigenvalue weighted by molar-refractivity contribution is -0.151. The third kappa shape index (κ3) is 0.706. The number of ether oxygens (including phenoxy) is 1. The number of esters is 1. The van der Waals surface area contributed by atoms with Crippen LogP contribution in [-0.2, 0) is 14.3 Å². The first kappa shape index (κ1) is 8.23. The highest BCUT2D eigenvalue weighted by Gasteiger charge is 2.68. The molecule has 0 amide bonds. The molecule has 5 heteroatoms. The molecule has 0 spiro atoms. The summed E-state index contributed by atoms with van der Waals surface area (Å²) in [7, 11) is 0. The molecular formula is C9H10O5. The van der Waals surface area contributed by atoms with Gasteiger partial charge in [-0.15, -0.1) is 0 Å². The number of aliphatic hydroxyl groups is 1. The number of carboxylic acid groups (broad SMARTS) is 1. The molecule has 14 heavy (non-hydrogen) atoms. The standard InChI is InChI=1S/C9H10O5/c10-6-2-1-3-5(4(2)8(11)12)9(13)14-7(3)6/h2-7,10H,1H2,(H,11,12)/t2-,3+,4-,5+,6+,7-/m1/s1. The first-order valence-electron chi connectivity index (χ1n) is 4.72. The summed E-state index contributed by atoms with van der Waals surface area (Å²) in [6.45, 7) is 0. The van der Waals surface area contributed by atoms with Crippen molar-refractivity contribution >= 4 is 11.9 Å². The Hall–Kier alpha value is -1.10. The average molecular weight is 198 g/mol. The molecule has 2 saturated carbocycles. The van der Waals surface area contributed by atoms with Gasteiger partial charge in [-0.3, -0.25) is 9.59 Å². The van der Waals surface area contributed by atoms with Gasteiger partial charge in [-0.1, -0.05) is 0 Å². The van der Waals surface area contributed by atoms with Crippen molar-refractivity contribution in [2.75, 3.05) is 0 Å². The summed E-state index contributed by atoms with van der Waals surface area (Å²) < 4.78 is 4.98. The van der Waals surface area contributed by atoms with E-state index in [-0.39, 0.29) is 11.8 Å². The smallest absolute Gasteiger partial charge is 0.310 e. The highest BCUT2D eigenvalue weighted by molar-refractivity contribution is 5.85. The van der Waals surface area contributed by atoms with E-state index < -0.39 is 36.0 Å². The summed E-state index contributed by atoms with van der Waals surface area (Å²) in [5.74, 6) is -3.03. The van der Waals surface area contributed by atoms with E-state index in [1.54, 1.807) is 0 Å². The van der Waals surface area contributed by atoms with Gasteiger partial charge in [0.2, 0.25) is 0 Å². The van der Waals surface area contributed by atoms with Gasteiger partial charge in [-0.05, 0) is 6.42 Å². The van der Waals surface area contributed by atoms with Gasteiger partial charge in [0.15, 0.2) is 0 Å². The number of carbonyl (C=O) groups excluding carboxylic acids is 1. The zero-order chi connectivity index (χ0) is 10.0. The Morgan fingerprint density at radius 1 is 1.43 bits per heavy atom. The van der Waals surface area contributed by atoms with E-state index in [1.807, 2.05) is 0 Å². The van der Waals surface area contributed by atoms with E-state index in [9.17, 15) is 14.7 Å². The van der Waals surface area contributed by atoms with Crippen LogP contribution in [-0.4, -0.2) is 34.4 Å². The number of aliphatic carboxylic acids is 1. The van der Waals surface area contributed by atoms with Crippen LogP contribution in [0.2, 0.25) is 0 Å². The van der Waals surface area contributed by atoms with Crippen molar-refractivity contribution in [3.05, 3.63) is 0 Å². The van der Waals surface area contributed by atoms with Gasteiger partial charge in [-0.25, -0.2) is 0 Å². The fourth-order valence-electron chi connectivity index (χ4n) is 3.36. The quantitative estimate of drug-likeness (QED) is 0.541. The van der Waals surface area contributed by atoms with Crippen LogP contribution in [0.3, 0.4) is 0 Å². The van der Waals surface area contributed by atoms with Gasteiger partial charge in [0.05, 0.1) is 17.9 Å². The topological polar surface area (TPSA) is 83.8 Å². The molecule has 0 aromatic carbocycles. The number of carbonyl (C=O) groups is 2. The second-order valence-corrected chi connectivity index (χ2v) is 4.35. The van der Waals surface area contributed by atoms with E-state index in [2.05, 4.69) is 0 Å². The van der Waals surface area contributed by atoms with E-state index >= 15 is 0 Å². The molecule has 2 aliphatic carbocycles. The summed E-state index contributed by atoms with van der Waals surface area (Å²) in [6, 6.07) is 0. The fourth-order valence-corrected chi connectivity index (χ4v) is 3.36. The molecule has 2 bridgehead atoms. The lowest BCUT2D eigenvalue weighted by Crippen LogP contribution is -2.40. The maximum atomic E-state index is 11.4. The molecule has 2 N–H and O–H groups in total. The molecule has 6 atom stereocenters. The maximum Gasteiger partial charge on any atom is 0.310 e. The highest BCUT2D eigenvalue weighted by Crippen LogP contribution is 2.57. The predicted molar refractivity (Wildman–Crippen MR) is 42.1 cm³/mol. The molecule has 3 rings (SSSR count). The normalized spacial score (nSPS) is 53.6. The van der Waals surface area contributed by atoms with E-state index in [4.69, 9.17) is 9.84 Å². The molecule has 3 aliphatic rings. The number of hydrogen-bond acceptors (Lipinski definition) is 4. The molecule has 76 valence electrons. The van der Waals surface area contributed by atoms with Crippen LogP contribution in [0, 0.1) is 23.7 Å². The van der Waals surface area contributed by atoms with E-state index in [0.717, 1.165) is 0 Å². The van der Waals surface area contributed by atoms with Gasteiger partial charge < -0.3 is 14.9 Å². The summed E-state index contributed by atoms with van der Waals surface area (Å²) >= 11 is 0. The van der Waals surface area contributed by atoms with Crippen LogP contribution in [0.4, 0.5) is 0 Å². The SMILES string of the molecule is O=C(O)[C@@H]1[C@H]2C[C@@H]3[C@@H](OC(=O)[C@@H]31)[C@H]2O. The Balaban J connectivity index is 2.04. The van der Waals surface area contributed by atoms with Gasteiger partial charge in [-0.2, -0.15) is 0 Å². The summed E-state index contributed by atoms with van der Waals surface area (Å²) in [4.78, 5) is 22.3. The zero-order valence-electron chi connectivity index (χ0n) is 7.29. The molecule has 1 aliphatic heterocycles. The molecule has 0 aromatic heterocycles. The Bertz CT molecular complexity index is 325. The van der Waals surface area contributed by atoms with E-state index in [1.165, 1.54) is 0 Å². The molecule has 1 heterocycles. The van der Waals surface area contributed by atoms with Crippen molar-refractivity contribution in [1.82, 2.24) is 0 Å². The molecular weight excluding hydrogens is 188 g/mol. The average Bonchev–Trinajstić information content (AvgIpc) is 2.67. The largest absolute Gasteiger partial charge is 0.481 e. The van der Waals surface area contributed by atoms with Crippen molar-refractivity contribution in [2.45, 2.75) is 18.6 Å². The van der Waals surface area contributed by atoms with Crippen LogP contribution < -0.4 is 0 Å². The van der Waals surface area contributed by atoms with Crippen LogP contribution in [0.5, 0.6) is 0 Å². The van der Waals surface area contributed by atoms with Crippen molar-refractivity contribution in [1.29, 1.82) is 0 Å². The number of fused-ring (bicyclic) bond motifs is 1. The fraction of sp³-hybridized carbons (Fsp3) is 0.778. The molecule has 0 unspecified atom stereocenters. The minimum atomic E-state index is -0.987. The molecule has 0 radical (unpaired) electrons. The maximum absolute atomic E-state index is 11.4. The number of carboxylic acids is 1. The number of aliphatic hydroxyl groups excluding tert-OH is 1. The van der Waals surface area contributed by atoms with Crippen LogP contribution >= 0.6 is 0 Å². The van der Waals surface area contributed by atoms with Crippen LogP contribution in [0.15, 0.2) is 0 Å². The van der Waals surface area contributed by atoms with Gasteiger partial charge >= 0.3 is 11.9 Å². The number of rotatable bonds is 1. The van der Waals surface area contributed by atoms with Crippen LogP contribution in [0.1, 0.15) is 6.42 Å². The Morgan fingerprint density at radius 2 is 2.14 bits per heavy atom. The minimum Gasteiger partial charge on any atom is -0.481 e. The summed E-state index contributed by atoms with van der Waals surface area (Å²) in [5.41, 5.74) is 0. The third-order valence-electron chi connectivity index (χ3n) is 3.86. The van der Waals surface area contributed by atoms with Gasteiger partial charge in [0.25, 0.3) is 0 Å². The van der Waals surface area contributed by atoms with E-state index in [0.29, 0.717) is 6.42 Å². The predicted octanol–water partition coefficient (Wildman–Crippen LogP) is -0.761. The Labute approximate surface area is 79.7 Å². The van der Waals surface area contributed by atoms with Crippen molar-refractivity contribution in [3.8, 4) is 0 Å². The second-order valence-electron chi connectivity index (χ2n) is 4.35. The molecule has 0 aromatic rings. The number of hydrogen-bond donors (Lipinski definition) is 2. The molecule has 1 saturated heterocycles. The first-order chi connectivity index (χ1) is 6.61. The van der Waals surface area contributed by atoms with Gasteiger partial charge in [0.1, 0.15) is 6.10 Å². The Kier molecular flexibility index (Phi) is 1.34. The van der Waals surface area contributed by atoms with Crippen molar-refractivity contribution in [3.63, 3.8) is 0 Å².